The van der Waals surface area contributed by atoms with Crippen LogP contribution in [0.4, 0.5) is 0 Å². The lowest BCUT2D eigenvalue weighted by molar-refractivity contribution is -0.143. The third kappa shape index (κ3) is 8.55. The van der Waals surface area contributed by atoms with Crippen LogP contribution >= 0.6 is 0 Å². The van der Waals surface area contributed by atoms with Gasteiger partial charge in [-0.1, -0.05) is 61.9 Å². The average molecular weight is 537 g/mol. The smallest absolute Gasteiger partial charge is 0.243 e. The van der Waals surface area contributed by atoms with Crippen LogP contribution in [-0.4, -0.2) is 78.9 Å². The number of fused-ring (bicyclic) bond motifs is 1. The van der Waals surface area contributed by atoms with Crippen LogP contribution in [-0.2, 0) is 27.2 Å². The highest BCUT2D eigenvalue weighted by Gasteiger charge is 2.33. The number of carbonyl (C=O) groups excluding carboxylic acids is 3. The number of nitrogens with zero attached hydrogens (tertiary/aromatic N) is 2. The van der Waals surface area contributed by atoms with Gasteiger partial charge >= 0.3 is 0 Å². The Balaban J connectivity index is 1.89. The lowest BCUT2D eigenvalue weighted by atomic mass is 10.0. The van der Waals surface area contributed by atoms with Crippen LogP contribution in [0.3, 0.4) is 0 Å². The number of rotatable bonds is 4. The van der Waals surface area contributed by atoms with Gasteiger partial charge in [-0.05, 0) is 57.4 Å². The van der Waals surface area contributed by atoms with Gasteiger partial charge in [0.05, 0.1) is 6.04 Å². The van der Waals surface area contributed by atoms with E-state index in [1.165, 1.54) is 4.90 Å². The van der Waals surface area contributed by atoms with Crippen LogP contribution in [0.2, 0.25) is 0 Å². The first-order chi connectivity index (χ1) is 18.7. The fourth-order valence-electron chi connectivity index (χ4n) is 4.98. The zero-order valence-electron chi connectivity index (χ0n) is 24.0. The number of nitrogens with one attached hydrogen (secondary N) is 2. The fraction of sp³-hybridized carbons (Fsp3) is 0.516. The molecule has 0 bridgehead atoms. The first-order valence-electron chi connectivity index (χ1n) is 14.0. The summed E-state index contributed by atoms with van der Waals surface area (Å²) in [6.07, 6.45) is 3.18. The monoisotopic (exact) mass is 536 g/mol. The maximum Gasteiger partial charge on any atom is 0.243 e. The van der Waals surface area contributed by atoms with Gasteiger partial charge < -0.3 is 20.3 Å². The summed E-state index contributed by atoms with van der Waals surface area (Å²) < 4.78 is 6.33. The third-order valence-electron chi connectivity index (χ3n) is 7.37. The molecule has 3 amide bonds. The lowest BCUT2D eigenvalue weighted by Gasteiger charge is -2.34. The predicted molar refractivity (Wildman–Crippen MR) is 153 cm³/mol. The van der Waals surface area contributed by atoms with Crippen LogP contribution < -0.4 is 15.4 Å². The largest absolute Gasteiger partial charge is 0.489 e. The van der Waals surface area contributed by atoms with Gasteiger partial charge in [0, 0.05) is 26.6 Å². The minimum Gasteiger partial charge on any atom is -0.489 e. The summed E-state index contributed by atoms with van der Waals surface area (Å²) in [5, 5.41) is 5.92. The Morgan fingerprint density at radius 3 is 2.36 bits per heavy atom. The van der Waals surface area contributed by atoms with Crippen molar-refractivity contribution < 1.29 is 19.1 Å². The van der Waals surface area contributed by atoms with Crippen molar-refractivity contribution in [2.24, 2.45) is 0 Å². The van der Waals surface area contributed by atoms with Crippen LogP contribution in [0.15, 0.2) is 54.6 Å². The molecule has 0 aliphatic carbocycles. The number of hydrogen-bond donors (Lipinski definition) is 2. The molecular weight excluding hydrogens is 492 g/mol. The van der Waals surface area contributed by atoms with Crippen molar-refractivity contribution in [2.45, 2.75) is 77.1 Å². The quantitative estimate of drug-likeness (QED) is 0.627. The molecule has 0 fully saturated rings. The summed E-state index contributed by atoms with van der Waals surface area (Å²) in [6.45, 7) is 6.79. The summed E-state index contributed by atoms with van der Waals surface area (Å²) >= 11 is 0. The summed E-state index contributed by atoms with van der Waals surface area (Å²) in [7, 11) is 3.59. The highest BCUT2D eigenvalue weighted by atomic mass is 16.5. The van der Waals surface area contributed by atoms with Crippen LogP contribution in [0, 0.1) is 0 Å². The van der Waals surface area contributed by atoms with E-state index in [9.17, 15) is 14.4 Å². The summed E-state index contributed by atoms with van der Waals surface area (Å²) in [6, 6.07) is 15.7. The maximum atomic E-state index is 13.6. The number of ether oxygens (including phenoxy) is 1. The minimum absolute atomic E-state index is 0.125. The molecule has 1 aliphatic rings. The van der Waals surface area contributed by atoms with Crippen molar-refractivity contribution in [1.29, 1.82) is 0 Å². The Hall–Kier alpha value is -3.39. The minimum atomic E-state index is -0.754. The van der Waals surface area contributed by atoms with E-state index in [-0.39, 0.29) is 29.9 Å². The molecule has 2 aromatic carbocycles. The molecule has 0 saturated carbocycles. The molecule has 1 aliphatic heterocycles. The van der Waals surface area contributed by atoms with Gasteiger partial charge in [-0.15, -0.1) is 0 Å². The molecule has 2 N–H and O–H groups in total. The Bertz CT molecular complexity index is 1090. The van der Waals surface area contributed by atoms with Crippen molar-refractivity contribution in [1.82, 2.24) is 20.4 Å². The van der Waals surface area contributed by atoms with Crippen molar-refractivity contribution in [2.75, 3.05) is 27.2 Å². The van der Waals surface area contributed by atoms with E-state index in [1.807, 2.05) is 80.4 Å². The van der Waals surface area contributed by atoms with E-state index in [1.54, 1.807) is 14.0 Å². The van der Waals surface area contributed by atoms with Crippen molar-refractivity contribution in [3.63, 3.8) is 0 Å². The SMILES string of the molecule is CCC[C@H]1C(=O)N(C)[C@H](C)C(=O)N[C@H](Cc2ccccc2)C(=O)NCCCc2ccccc2O[C@H](C)CN1C. The molecule has 4 atom stereocenters. The highest BCUT2D eigenvalue weighted by Crippen LogP contribution is 2.22. The van der Waals surface area contributed by atoms with Gasteiger partial charge in [0.25, 0.3) is 0 Å². The van der Waals surface area contributed by atoms with E-state index in [4.69, 9.17) is 4.74 Å². The van der Waals surface area contributed by atoms with E-state index < -0.39 is 12.1 Å². The summed E-state index contributed by atoms with van der Waals surface area (Å²) in [5.41, 5.74) is 2.02. The molecule has 0 unspecified atom stereocenters. The highest BCUT2D eigenvalue weighted by molar-refractivity contribution is 5.93. The number of amides is 3. The second-order valence-electron chi connectivity index (χ2n) is 10.6. The first-order valence-corrected chi connectivity index (χ1v) is 14.0. The number of hydrogen-bond acceptors (Lipinski definition) is 5. The number of para-hydroxylation sites is 1. The number of aryl methyl sites for hydroxylation is 1. The maximum absolute atomic E-state index is 13.6. The standard InChI is InChI=1S/C31H44N4O4/c1-6-13-27-31(38)35(5)23(3)29(36)33-26(20-24-14-8-7-9-15-24)30(37)32-19-12-17-25-16-10-11-18-28(25)39-22(2)21-34(27)4/h7-11,14-16,18,22-23,26-27H,6,12-13,17,19-21H2,1-5H3,(H,32,37)(H,33,36)/t22-,23-,26-,27+/m1/s1. The second-order valence-corrected chi connectivity index (χ2v) is 10.6. The van der Waals surface area contributed by atoms with Gasteiger partial charge in [0.15, 0.2) is 0 Å². The Morgan fingerprint density at radius 2 is 1.64 bits per heavy atom. The number of benzene rings is 2. The zero-order chi connectivity index (χ0) is 28.4. The van der Waals surface area contributed by atoms with Crippen LogP contribution in [0.5, 0.6) is 5.75 Å². The summed E-state index contributed by atoms with van der Waals surface area (Å²) in [4.78, 5) is 43.7. The van der Waals surface area contributed by atoms with Crippen molar-refractivity contribution in [3.8, 4) is 5.75 Å². The molecular formula is C31H44N4O4. The molecule has 39 heavy (non-hydrogen) atoms. The molecule has 1 heterocycles. The van der Waals surface area contributed by atoms with Gasteiger partial charge in [-0.2, -0.15) is 0 Å². The first kappa shape index (κ1) is 30.2. The van der Waals surface area contributed by atoms with E-state index in [2.05, 4.69) is 10.6 Å². The van der Waals surface area contributed by atoms with Gasteiger partial charge in [0.2, 0.25) is 17.7 Å². The number of carbonyl (C=O) groups is 3. The third-order valence-corrected chi connectivity index (χ3v) is 7.37. The van der Waals surface area contributed by atoms with Gasteiger partial charge in [0.1, 0.15) is 23.9 Å². The van der Waals surface area contributed by atoms with Crippen molar-refractivity contribution >= 4 is 17.7 Å². The molecule has 0 spiro atoms. The fourth-order valence-corrected chi connectivity index (χ4v) is 4.98. The van der Waals surface area contributed by atoms with E-state index in [0.717, 1.165) is 36.1 Å². The van der Waals surface area contributed by atoms with Crippen molar-refractivity contribution in [3.05, 3.63) is 65.7 Å². The van der Waals surface area contributed by atoms with E-state index >= 15 is 0 Å². The molecule has 0 saturated heterocycles. The average Bonchev–Trinajstić information content (AvgIpc) is 2.93. The molecule has 8 heteroatoms. The molecule has 8 nitrogen and oxygen atoms in total. The predicted octanol–water partition coefficient (Wildman–Crippen LogP) is 3.19. The zero-order valence-corrected chi connectivity index (χ0v) is 24.0. The number of likely N-dealkylation sites (N-methyl/N-ethyl adjacent to an activating group) is 2. The molecule has 212 valence electrons. The molecule has 3 rings (SSSR count). The van der Waals surface area contributed by atoms with Crippen LogP contribution in [0.25, 0.3) is 0 Å². The molecule has 0 radical (unpaired) electrons. The topological polar surface area (TPSA) is 91.0 Å². The molecule has 2 aromatic rings. The summed E-state index contributed by atoms with van der Waals surface area (Å²) in [5.74, 6) is 0.103. The van der Waals surface area contributed by atoms with Gasteiger partial charge in [-0.25, -0.2) is 0 Å². The normalized spacial score (nSPS) is 24.5. The Labute approximate surface area is 233 Å². The second kappa shape index (κ2) is 14.7. The molecule has 0 aromatic heterocycles. The Morgan fingerprint density at radius 1 is 0.949 bits per heavy atom. The lowest BCUT2D eigenvalue weighted by Crippen LogP contribution is -2.56. The van der Waals surface area contributed by atoms with E-state index in [0.29, 0.717) is 25.9 Å². The van der Waals surface area contributed by atoms with Gasteiger partial charge in [-0.3, -0.25) is 19.3 Å². The van der Waals surface area contributed by atoms with Crippen LogP contribution in [0.1, 0.15) is 51.2 Å². The Kier molecular flexibility index (Phi) is 11.3.